The van der Waals surface area contributed by atoms with Gasteiger partial charge in [-0.1, -0.05) is 161 Å². The van der Waals surface area contributed by atoms with Crippen LogP contribution in [0.15, 0.2) is 12.2 Å². The van der Waals surface area contributed by atoms with Crippen molar-refractivity contribution in [2.24, 2.45) is 0 Å². The van der Waals surface area contributed by atoms with Crippen LogP contribution in [0.25, 0.3) is 0 Å². The van der Waals surface area contributed by atoms with E-state index in [1.54, 1.807) is 0 Å². The molecule has 0 amide bonds. The van der Waals surface area contributed by atoms with Crippen molar-refractivity contribution >= 4 is 11.9 Å². The highest BCUT2D eigenvalue weighted by Gasteiger charge is 1.97. The van der Waals surface area contributed by atoms with Crippen molar-refractivity contribution in [1.29, 1.82) is 0 Å². The molecular weight excluding hydrogens is 484 g/mol. The molecular formula is C35H68O4. The van der Waals surface area contributed by atoms with Gasteiger partial charge in [0.05, 0.1) is 0 Å². The van der Waals surface area contributed by atoms with Crippen LogP contribution in [-0.2, 0) is 9.59 Å². The fraction of sp³-hybridized carbons (Fsp3) is 0.886. The number of carboxylic acid groups (broad SMARTS) is 2. The zero-order valence-electron chi connectivity index (χ0n) is 26.4. The molecule has 4 nitrogen and oxygen atoms in total. The largest absolute Gasteiger partial charge is 0.481 e. The molecule has 39 heavy (non-hydrogen) atoms. The molecule has 0 spiro atoms. The second-order valence-corrected chi connectivity index (χ2v) is 11.5. The van der Waals surface area contributed by atoms with Crippen molar-refractivity contribution in [2.45, 2.75) is 200 Å². The van der Waals surface area contributed by atoms with Gasteiger partial charge in [0.15, 0.2) is 0 Å². The lowest BCUT2D eigenvalue weighted by molar-refractivity contribution is -0.138. The van der Waals surface area contributed by atoms with Crippen LogP contribution in [0.2, 0.25) is 0 Å². The Bertz CT molecular complexity index is 515. The first-order valence-electron chi connectivity index (χ1n) is 17.1. The molecule has 0 aromatic heterocycles. The Balaban J connectivity index is 0. The van der Waals surface area contributed by atoms with E-state index < -0.39 is 11.9 Å². The van der Waals surface area contributed by atoms with Crippen molar-refractivity contribution < 1.29 is 19.8 Å². The maximum Gasteiger partial charge on any atom is 0.303 e. The maximum atomic E-state index is 10.3. The highest BCUT2D eigenvalue weighted by molar-refractivity contribution is 5.66. The molecule has 4 heteroatoms. The quantitative estimate of drug-likeness (QED) is 0.0686. The summed E-state index contributed by atoms with van der Waals surface area (Å²) in [6, 6.07) is 0. The van der Waals surface area contributed by atoms with Crippen molar-refractivity contribution in [1.82, 2.24) is 0 Å². The molecule has 0 unspecified atom stereocenters. The second kappa shape index (κ2) is 36.7. The molecule has 0 bridgehead atoms. The van der Waals surface area contributed by atoms with Crippen LogP contribution in [0.4, 0.5) is 0 Å². The second-order valence-electron chi connectivity index (χ2n) is 11.5. The van der Waals surface area contributed by atoms with Gasteiger partial charge >= 0.3 is 11.9 Å². The Morgan fingerprint density at radius 3 is 0.872 bits per heavy atom. The summed E-state index contributed by atoms with van der Waals surface area (Å²) in [5.41, 5.74) is 0. The van der Waals surface area contributed by atoms with E-state index in [2.05, 4.69) is 26.0 Å². The van der Waals surface area contributed by atoms with Gasteiger partial charge in [-0.25, -0.2) is 0 Å². The zero-order valence-corrected chi connectivity index (χ0v) is 26.4. The van der Waals surface area contributed by atoms with E-state index in [0.29, 0.717) is 12.8 Å². The summed E-state index contributed by atoms with van der Waals surface area (Å²) < 4.78 is 0. The van der Waals surface area contributed by atoms with Crippen LogP contribution < -0.4 is 0 Å². The summed E-state index contributed by atoms with van der Waals surface area (Å²) in [6.45, 7) is 4.52. The molecule has 0 aliphatic rings. The molecule has 0 aliphatic carbocycles. The molecule has 0 rings (SSSR count). The molecule has 0 aromatic carbocycles. The Morgan fingerprint density at radius 2 is 0.615 bits per heavy atom. The number of hydrogen-bond donors (Lipinski definition) is 2. The third kappa shape index (κ3) is 44.0. The van der Waals surface area contributed by atoms with E-state index in [1.807, 2.05) is 0 Å². The third-order valence-electron chi connectivity index (χ3n) is 7.40. The lowest BCUT2D eigenvalue weighted by Crippen LogP contribution is -1.93. The standard InChI is InChI=1S/C18H34O2.C17H34O2/c1-2-3-4-5-6-7-8-9-10-11-12-13-14-15-16-17-18(19)20;1-2-3-4-5-6-7-8-9-10-11-12-13-14-15-16-17(18)19/h9-10H,2-8,11-17H2,1H3,(H,19,20);2-16H2,1H3,(H,18,19). The average Bonchev–Trinajstić information content (AvgIpc) is 2.91. The molecule has 0 aliphatic heterocycles. The summed E-state index contributed by atoms with van der Waals surface area (Å²) in [4.78, 5) is 20.6. The van der Waals surface area contributed by atoms with E-state index in [9.17, 15) is 9.59 Å². The maximum absolute atomic E-state index is 10.3. The number of allylic oxidation sites excluding steroid dienone is 2. The molecule has 0 saturated heterocycles. The van der Waals surface area contributed by atoms with E-state index in [1.165, 1.54) is 148 Å². The number of hydrogen-bond acceptors (Lipinski definition) is 2. The monoisotopic (exact) mass is 553 g/mol. The molecule has 0 atom stereocenters. The fourth-order valence-electron chi connectivity index (χ4n) is 4.82. The molecule has 0 heterocycles. The Labute approximate surface area is 243 Å². The van der Waals surface area contributed by atoms with Crippen molar-refractivity contribution in [3.05, 3.63) is 12.2 Å². The van der Waals surface area contributed by atoms with Crippen LogP contribution in [0.5, 0.6) is 0 Å². The van der Waals surface area contributed by atoms with E-state index >= 15 is 0 Å². The van der Waals surface area contributed by atoms with Gasteiger partial charge in [0.1, 0.15) is 0 Å². The van der Waals surface area contributed by atoms with E-state index in [0.717, 1.165) is 25.7 Å². The Hall–Kier alpha value is -1.32. The van der Waals surface area contributed by atoms with Gasteiger partial charge in [-0.3, -0.25) is 9.59 Å². The van der Waals surface area contributed by atoms with E-state index in [4.69, 9.17) is 10.2 Å². The molecule has 0 fully saturated rings. The van der Waals surface area contributed by atoms with Gasteiger partial charge in [-0.05, 0) is 38.5 Å². The number of carboxylic acids is 2. The average molecular weight is 553 g/mol. The summed E-state index contributed by atoms with van der Waals surface area (Å²) in [5.74, 6) is -1.32. The van der Waals surface area contributed by atoms with Crippen molar-refractivity contribution in [3.8, 4) is 0 Å². The van der Waals surface area contributed by atoms with Crippen LogP contribution in [-0.4, -0.2) is 22.2 Å². The normalized spacial score (nSPS) is 11.0. The van der Waals surface area contributed by atoms with Crippen molar-refractivity contribution in [2.75, 3.05) is 0 Å². The molecule has 0 aromatic rings. The highest BCUT2D eigenvalue weighted by Crippen LogP contribution is 2.13. The van der Waals surface area contributed by atoms with Gasteiger partial charge in [0.25, 0.3) is 0 Å². The molecule has 0 saturated carbocycles. The first-order valence-corrected chi connectivity index (χ1v) is 17.1. The topological polar surface area (TPSA) is 74.6 Å². The minimum atomic E-state index is -0.664. The van der Waals surface area contributed by atoms with Gasteiger partial charge in [-0.15, -0.1) is 0 Å². The summed E-state index contributed by atoms with van der Waals surface area (Å²) in [7, 11) is 0. The smallest absolute Gasteiger partial charge is 0.303 e. The van der Waals surface area contributed by atoms with Crippen LogP contribution >= 0.6 is 0 Å². The van der Waals surface area contributed by atoms with E-state index in [-0.39, 0.29) is 0 Å². The summed E-state index contributed by atoms with van der Waals surface area (Å²) in [5, 5.41) is 17.0. The summed E-state index contributed by atoms with van der Waals surface area (Å²) in [6.07, 6.45) is 40.0. The molecule has 2 N–H and O–H groups in total. The zero-order chi connectivity index (χ0) is 29.1. The van der Waals surface area contributed by atoms with Crippen LogP contribution in [0, 0.1) is 0 Å². The predicted molar refractivity (Wildman–Crippen MR) is 170 cm³/mol. The summed E-state index contributed by atoms with van der Waals surface area (Å²) >= 11 is 0. The van der Waals surface area contributed by atoms with Crippen LogP contribution in [0.3, 0.4) is 0 Å². The fourth-order valence-corrected chi connectivity index (χ4v) is 4.82. The predicted octanol–water partition coefficient (Wildman–Crippen LogP) is 12.1. The lowest BCUT2D eigenvalue weighted by atomic mass is 10.0. The van der Waals surface area contributed by atoms with Crippen LogP contribution in [0.1, 0.15) is 200 Å². The first-order chi connectivity index (χ1) is 19.0. The molecule has 0 radical (unpaired) electrons. The first kappa shape index (κ1) is 39.8. The Morgan fingerprint density at radius 1 is 0.385 bits per heavy atom. The lowest BCUT2D eigenvalue weighted by Gasteiger charge is -2.02. The van der Waals surface area contributed by atoms with Gasteiger partial charge in [0.2, 0.25) is 0 Å². The number of rotatable bonds is 30. The van der Waals surface area contributed by atoms with Crippen molar-refractivity contribution in [3.63, 3.8) is 0 Å². The van der Waals surface area contributed by atoms with Gasteiger partial charge in [-0.2, -0.15) is 0 Å². The number of unbranched alkanes of at least 4 members (excludes halogenated alkanes) is 24. The Kier molecular flexibility index (Phi) is 37.5. The minimum absolute atomic E-state index is 0.332. The highest BCUT2D eigenvalue weighted by atomic mass is 16.4. The minimum Gasteiger partial charge on any atom is -0.481 e. The number of carbonyl (C=O) groups is 2. The number of aliphatic carboxylic acids is 2. The third-order valence-corrected chi connectivity index (χ3v) is 7.40. The van der Waals surface area contributed by atoms with Gasteiger partial charge < -0.3 is 10.2 Å². The SMILES string of the molecule is CCCCCCCCC=CCCCCCCCC(=O)O.CCCCCCCCCCCCCCCCC(=O)O. The van der Waals surface area contributed by atoms with Gasteiger partial charge in [0, 0.05) is 12.8 Å². The molecule has 232 valence electrons.